The fraction of sp³-hybridized carbons (Fsp3) is 0.571. The molecule has 0 N–H and O–H groups in total. The highest BCUT2D eigenvalue weighted by Gasteiger charge is 2.16. The van der Waals surface area contributed by atoms with E-state index in [1.54, 1.807) is 7.11 Å². The third kappa shape index (κ3) is 3.13. The number of aryl methyl sites for hydroxylation is 1. The molecule has 0 bridgehead atoms. The van der Waals surface area contributed by atoms with Crippen LogP contribution < -0.4 is 9.47 Å². The van der Waals surface area contributed by atoms with Crippen LogP contribution in [0.15, 0.2) is 12.1 Å². The molecule has 0 atom stereocenters. The molecule has 0 saturated heterocycles. The van der Waals surface area contributed by atoms with E-state index >= 15 is 0 Å². The maximum atomic E-state index is 5.83. The minimum atomic E-state index is 0.698. The van der Waals surface area contributed by atoms with Gasteiger partial charge in [-0.3, -0.25) is 0 Å². The minimum Gasteiger partial charge on any atom is -0.493 e. The largest absolute Gasteiger partial charge is 0.493 e. The van der Waals surface area contributed by atoms with E-state index in [-0.39, 0.29) is 0 Å². The molecule has 0 fully saturated rings. The summed E-state index contributed by atoms with van der Waals surface area (Å²) in [4.78, 5) is 0. The summed E-state index contributed by atoms with van der Waals surface area (Å²) in [6.07, 6.45) is 3.04. The number of ether oxygens (including phenoxy) is 3. The van der Waals surface area contributed by atoms with Crippen LogP contribution in [0.4, 0.5) is 0 Å². The quantitative estimate of drug-likeness (QED) is 0.736. The SMILES string of the molecule is COCCCOc1cc(C)cc2c1CCCO2. The van der Waals surface area contributed by atoms with E-state index in [1.165, 1.54) is 11.1 Å². The second kappa shape index (κ2) is 5.92. The van der Waals surface area contributed by atoms with Crippen LogP contribution in [0.3, 0.4) is 0 Å². The molecule has 0 saturated carbocycles. The van der Waals surface area contributed by atoms with Crippen LogP contribution >= 0.6 is 0 Å². The van der Waals surface area contributed by atoms with E-state index in [2.05, 4.69) is 19.1 Å². The molecule has 0 amide bonds. The van der Waals surface area contributed by atoms with Crippen molar-refractivity contribution in [3.8, 4) is 11.5 Å². The van der Waals surface area contributed by atoms with Crippen molar-refractivity contribution in [3.63, 3.8) is 0 Å². The van der Waals surface area contributed by atoms with Crippen LogP contribution in [0.1, 0.15) is 24.0 Å². The maximum absolute atomic E-state index is 5.83. The third-order valence-electron chi connectivity index (χ3n) is 2.89. The Morgan fingerprint density at radius 2 is 2.18 bits per heavy atom. The first-order valence-electron chi connectivity index (χ1n) is 6.19. The Hall–Kier alpha value is -1.22. The molecule has 1 heterocycles. The van der Waals surface area contributed by atoms with Gasteiger partial charge in [-0.05, 0) is 37.5 Å². The van der Waals surface area contributed by atoms with Gasteiger partial charge in [0.15, 0.2) is 0 Å². The molecular weight excluding hydrogens is 216 g/mol. The number of benzene rings is 1. The van der Waals surface area contributed by atoms with Crippen molar-refractivity contribution in [1.29, 1.82) is 0 Å². The lowest BCUT2D eigenvalue weighted by Crippen LogP contribution is -2.11. The normalized spacial score (nSPS) is 14.0. The Labute approximate surface area is 103 Å². The minimum absolute atomic E-state index is 0.698. The Morgan fingerprint density at radius 1 is 1.29 bits per heavy atom. The molecule has 0 aromatic heterocycles. The van der Waals surface area contributed by atoms with Crippen molar-refractivity contribution >= 4 is 0 Å². The lowest BCUT2D eigenvalue weighted by molar-refractivity contribution is 0.171. The molecule has 17 heavy (non-hydrogen) atoms. The average molecular weight is 236 g/mol. The van der Waals surface area contributed by atoms with Gasteiger partial charge < -0.3 is 14.2 Å². The van der Waals surface area contributed by atoms with Gasteiger partial charge in [0.2, 0.25) is 0 Å². The Kier molecular flexibility index (Phi) is 4.26. The Morgan fingerprint density at radius 3 is 3.00 bits per heavy atom. The Balaban J connectivity index is 2.07. The van der Waals surface area contributed by atoms with E-state index in [1.807, 2.05) is 0 Å². The van der Waals surface area contributed by atoms with Crippen molar-refractivity contribution in [2.24, 2.45) is 0 Å². The molecule has 1 aromatic carbocycles. The fourth-order valence-corrected chi connectivity index (χ4v) is 2.07. The zero-order valence-corrected chi connectivity index (χ0v) is 10.6. The molecular formula is C14H20O3. The average Bonchev–Trinajstić information content (AvgIpc) is 2.34. The molecule has 1 aliphatic heterocycles. The van der Waals surface area contributed by atoms with Crippen LogP contribution in [-0.4, -0.2) is 26.9 Å². The van der Waals surface area contributed by atoms with Gasteiger partial charge in [-0.15, -0.1) is 0 Å². The highest BCUT2D eigenvalue weighted by Crippen LogP contribution is 2.34. The zero-order chi connectivity index (χ0) is 12.1. The first-order valence-corrected chi connectivity index (χ1v) is 6.19. The van der Waals surface area contributed by atoms with Crippen molar-refractivity contribution in [2.75, 3.05) is 26.9 Å². The molecule has 2 rings (SSSR count). The summed E-state index contributed by atoms with van der Waals surface area (Å²) < 4.78 is 16.5. The number of hydrogen-bond acceptors (Lipinski definition) is 3. The summed E-state index contributed by atoms with van der Waals surface area (Å²) >= 11 is 0. The first-order chi connectivity index (χ1) is 8.31. The Bertz CT molecular complexity index is 374. The molecule has 3 heteroatoms. The molecule has 0 radical (unpaired) electrons. The first kappa shape index (κ1) is 12.2. The monoisotopic (exact) mass is 236 g/mol. The lowest BCUT2D eigenvalue weighted by Gasteiger charge is -2.21. The van der Waals surface area contributed by atoms with Crippen LogP contribution in [0, 0.1) is 6.92 Å². The number of fused-ring (bicyclic) bond motifs is 1. The van der Waals surface area contributed by atoms with Crippen molar-refractivity contribution < 1.29 is 14.2 Å². The van der Waals surface area contributed by atoms with E-state index in [0.29, 0.717) is 6.61 Å². The van der Waals surface area contributed by atoms with Gasteiger partial charge in [-0.2, -0.15) is 0 Å². The molecule has 0 unspecified atom stereocenters. The van der Waals surface area contributed by atoms with Crippen LogP contribution in [-0.2, 0) is 11.2 Å². The second-order valence-corrected chi connectivity index (χ2v) is 4.39. The molecule has 94 valence electrons. The number of methoxy groups -OCH3 is 1. The number of rotatable bonds is 5. The van der Waals surface area contributed by atoms with Gasteiger partial charge in [0, 0.05) is 25.7 Å². The summed E-state index contributed by atoms with van der Waals surface area (Å²) in [5.74, 6) is 1.98. The zero-order valence-electron chi connectivity index (χ0n) is 10.6. The van der Waals surface area contributed by atoms with E-state index in [0.717, 1.165) is 44.0 Å². The van der Waals surface area contributed by atoms with E-state index in [4.69, 9.17) is 14.2 Å². The predicted octanol–water partition coefficient (Wildman–Crippen LogP) is 2.74. The summed E-state index contributed by atoms with van der Waals surface area (Å²) in [5.41, 5.74) is 2.41. The predicted molar refractivity (Wildman–Crippen MR) is 67.0 cm³/mol. The second-order valence-electron chi connectivity index (χ2n) is 4.39. The summed E-state index contributed by atoms with van der Waals surface area (Å²) in [7, 11) is 1.71. The highest BCUT2D eigenvalue weighted by atomic mass is 16.5. The van der Waals surface area contributed by atoms with Gasteiger partial charge in [0.1, 0.15) is 11.5 Å². The summed E-state index contributed by atoms with van der Waals surface area (Å²) in [5, 5.41) is 0. The van der Waals surface area contributed by atoms with Gasteiger partial charge in [0.05, 0.1) is 13.2 Å². The van der Waals surface area contributed by atoms with E-state index in [9.17, 15) is 0 Å². The lowest BCUT2D eigenvalue weighted by atomic mass is 10.0. The highest BCUT2D eigenvalue weighted by molar-refractivity contribution is 5.48. The fourth-order valence-electron chi connectivity index (χ4n) is 2.07. The maximum Gasteiger partial charge on any atom is 0.126 e. The summed E-state index contributed by atoms with van der Waals surface area (Å²) in [6.45, 7) is 4.33. The van der Waals surface area contributed by atoms with Gasteiger partial charge in [-0.25, -0.2) is 0 Å². The standard InChI is InChI=1S/C14H20O3/c1-11-9-13-12(5-3-7-16-13)14(10-11)17-8-4-6-15-2/h9-10H,3-8H2,1-2H3. The number of hydrogen-bond donors (Lipinski definition) is 0. The van der Waals surface area contributed by atoms with Gasteiger partial charge in [-0.1, -0.05) is 0 Å². The van der Waals surface area contributed by atoms with E-state index < -0.39 is 0 Å². The van der Waals surface area contributed by atoms with Gasteiger partial charge >= 0.3 is 0 Å². The molecule has 0 aliphatic carbocycles. The van der Waals surface area contributed by atoms with Crippen molar-refractivity contribution in [1.82, 2.24) is 0 Å². The van der Waals surface area contributed by atoms with Crippen LogP contribution in [0.2, 0.25) is 0 Å². The van der Waals surface area contributed by atoms with Crippen LogP contribution in [0.5, 0.6) is 11.5 Å². The van der Waals surface area contributed by atoms with Crippen molar-refractivity contribution in [2.45, 2.75) is 26.2 Å². The molecule has 3 nitrogen and oxygen atoms in total. The van der Waals surface area contributed by atoms with Crippen molar-refractivity contribution in [3.05, 3.63) is 23.3 Å². The third-order valence-corrected chi connectivity index (χ3v) is 2.89. The smallest absolute Gasteiger partial charge is 0.126 e. The molecule has 0 spiro atoms. The van der Waals surface area contributed by atoms with Gasteiger partial charge in [0.25, 0.3) is 0 Å². The van der Waals surface area contributed by atoms with Crippen LogP contribution in [0.25, 0.3) is 0 Å². The molecule has 1 aliphatic rings. The summed E-state index contributed by atoms with van der Waals surface area (Å²) in [6, 6.07) is 4.19. The molecule has 1 aromatic rings. The topological polar surface area (TPSA) is 27.7 Å².